The van der Waals surface area contributed by atoms with Crippen molar-refractivity contribution in [2.24, 2.45) is 0 Å². The van der Waals surface area contributed by atoms with Crippen LogP contribution in [0.4, 0.5) is 0 Å². The smallest absolute Gasteiger partial charge is 0.303 e. The molecule has 4 heteroatoms. The first-order valence-corrected chi connectivity index (χ1v) is 6.67. The van der Waals surface area contributed by atoms with Gasteiger partial charge in [0.25, 0.3) is 0 Å². The van der Waals surface area contributed by atoms with Gasteiger partial charge in [-0.2, -0.15) is 0 Å². The largest absolute Gasteiger partial charge is 0.458 e. The Labute approximate surface area is 120 Å². The summed E-state index contributed by atoms with van der Waals surface area (Å²) in [7, 11) is 0. The van der Waals surface area contributed by atoms with Crippen LogP contribution in [0.1, 0.15) is 62.2 Å². The zero-order valence-electron chi connectivity index (χ0n) is 12.9. The number of esters is 2. The fourth-order valence-electron chi connectivity index (χ4n) is 2.39. The monoisotopic (exact) mass is 278 g/mol. The molecule has 0 aliphatic heterocycles. The third kappa shape index (κ3) is 4.08. The standard InChI is InChI=1S/C16H22O4/c1-9-7-10(2)16(12(4)20-14(6)18)8-15(9)11(3)19-13(5)17/h7-8,11-12H,1-6H3/t11-,12-/m1/s1. The highest BCUT2D eigenvalue weighted by Gasteiger charge is 2.17. The Morgan fingerprint density at radius 1 is 0.850 bits per heavy atom. The van der Waals surface area contributed by atoms with Gasteiger partial charge >= 0.3 is 11.9 Å². The van der Waals surface area contributed by atoms with Crippen molar-refractivity contribution in [1.82, 2.24) is 0 Å². The van der Waals surface area contributed by atoms with Crippen molar-refractivity contribution in [3.8, 4) is 0 Å². The first-order chi connectivity index (χ1) is 9.22. The zero-order chi connectivity index (χ0) is 15.4. The summed E-state index contributed by atoms with van der Waals surface area (Å²) in [4.78, 5) is 22.2. The third-order valence-corrected chi connectivity index (χ3v) is 3.22. The number of hydrogen-bond donors (Lipinski definition) is 0. The highest BCUT2D eigenvalue weighted by molar-refractivity contribution is 5.67. The van der Waals surface area contributed by atoms with Crippen LogP contribution in [-0.4, -0.2) is 11.9 Å². The molecule has 0 spiro atoms. The van der Waals surface area contributed by atoms with E-state index in [2.05, 4.69) is 0 Å². The molecule has 1 rings (SSSR count). The SMILES string of the molecule is CC(=O)O[C@H](C)c1cc([C@@H](C)OC(C)=O)c(C)cc1C. The molecule has 0 amide bonds. The van der Waals surface area contributed by atoms with Crippen molar-refractivity contribution < 1.29 is 19.1 Å². The maximum atomic E-state index is 11.1. The fraction of sp³-hybridized carbons (Fsp3) is 0.500. The molecule has 1 aromatic rings. The van der Waals surface area contributed by atoms with Crippen LogP contribution in [0.25, 0.3) is 0 Å². The molecule has 110 valence electrons. The molecule has 0 saturated heterocycles. The summed E-state index contributed by atoms with van der Waals surface area (Å²) < 4.78 is 10.5. The quantitative estimate of drug-likeness (QED) is 0.790. The van der Waals surface area contributed by atoms with Crippen molar-refractivity contribution in [3.63, 3.8) is 0 Å². The number of ether oxygens (including phenoxy) is 2. The van der Waals surface area contributed by atoms with E-state index in [1.54, 1.807) is 0 Å². The van der Waals surface area contributed by atoms with Gasteiger partial charge in [0.1, 0.15) is 12.2 Å². The van der Waals surface area contributed by atoms with Gasteiger partial charge in [-0.25, -0.2) is 0 Å². The molecule has 0 unspecified atom stereocenters. The van der Waals surface area contributed by atoms with Crippen LogP contribution in [0.5, 0.6) is 0 Å². The average molecular weight is 278 g/mol. The first kappa shape index (κ1) is 16.2. The minimum atomic E-state index is -0.323. The predicted molar refractivity (Wildman–Crippen MR) is 76.3 cm³/mol. The Balaban J connectivity index is 3.14. The van der Waals surface area contributed by atoms with Gasteiger partial charge < -0.3 is 9.47 Å². The van der Waals surface area contributed by atoms with Gasteiger partial charge in [-0.1, -0.05) is 6.07 Å². The molecule has 0 bridgehead atoms. The first-order valence-electron chi connectivity index (χ1n) is 6.67. The summed E-state index contributed by atoms with van der Waals surface area (Å²) in [6.45, 7) is 10.4. The van der Waals surface area contributed by atoms with Crippen LogP contribution in [0.3, 0.4) is 0 Å². The summed E-state index contributed by atoms with van der Waals surface area (Å²) in [5.41, 5.74) is 3.96. The Kier molecular flexibility index (Phi) is 5.31. The van der Waals surface area contributed by atoms with Crippen molar-refractivity contribution in [2.75, 3.05) is 0 Å². The lowest BCUT2D eigenvalue weighted by atomic mass is 9.94. The number of carbonyl (C=O) groups excluding carboxylic acids is 2. The number of benzene rings is 1. The van der Waals surface area contributed by atoms with E-state index >= 15 is 0 Å². The van der Waals surface area contributed by atoms with E-state index in [1.807, 2.05) is 39.8 Å². The highest BCUT2D eigenvalue weighted by Crippen LogP contribution is 2.29. The summed E-state index contributed by atoms with van der Waals surface area (Å²) in [6, 6.07) is 3.97. The number of hydrogen-bond acceptors (Lipinski definition) is 4. The fourth-order valence-corrected chi connectivity index (χ4v) is 2.39. The molecule has 0 radical (unpaired) electrons. The van der Waals surface area contributed by atoms with E-state index in [-0.39, 0.29) is 24.1 Å². The van der Waals surface area contributed by atoms with Crippen LogP contribution in [0, 0.1) is 13.8 Å². The van der Waals surface area contributed by atoms with Gasteiger partial charge in [0.15, 0.2) is 0 Å². The van der Waals surface area contributed by atoms with E-state index in [0.717, 1.165) is 22.3 Å². The lowest BCUT2D eigenvalue weighted by Crippen LogP contribution is -2.10. The van der Waals surface area contributed by atoms with E-state index < -0.39 is 0 Å². The van der Waals surface area contributed by atoms with Crippen molar-refractivity contribution in [2.45, 2.75) is 53.8 Å². The molecule has 2 atom stereocenters. The van der Waals surface area contributed by atoms with Crippen LogP contribution in [0.2, 0.25) is 0 Å². The molecule has 0 aliphatic carbocycles. The van der Waals surface area contributed by atoms with Gasteiger partial charge in [-0.05, 0) is 56.0 Å². The number of aryl methyl sites for hydroxylation is 2. The Morgan fingerprint density at radius 2 is 1.20 bits per heavy atom. The Bertz CT molecular complexity index is 476. The summed E-state index contributed by atoms with van der Waals surface area (Å²) in [5.74, 6) is -0.626. The molecular formula is C16H22O4. The second-order valence-electron chi connectivity index (χ2n) is 5.07. The lowest BCUT2D eigenvalue weighted by molar-refractivity contribution is -0.146. The van der Waals surface area contributed by atoms with Crippen molar-refractivity contribution >= 4 is 11.9 Å². The van der Waals surface area contributed by atoms with Gasteiger partial charge in [-0.15, -0.1) is 0 Å². The van der Waals surface area contributed by atoms with Gasteiger partial charge in [0, 0.05) is 13.8 Å². The molecular weight excluding hydrogens is 256 g/mol. The van der Waals surface area contributed by atoms with Crippen LogP contribution in [-0.2, 0) is 19.1 Å². The topological polar surface area (TPSA) is 52.6 Å². The molecule has 4 nitrogen and oxygen atoms in total. The van der Waals surface area contributed by atoms with Gasteiger partial charge in [-0.3, -0.25) is 9.59 Å². The summed E-state index contributed by atoms with van der Waals surface area (Å²) in [6.07, 6.45) is -0.646. The third-order valence-electron chi connectivity index (χ3n) is 3.22. The summed E-state index contributed by atoms with van der Waals surface area (Å²) in [5, 5.41) is 0. The van der Waals surface area contributed by atoms with Crippen LogP contribution < -0.4 is 0 Å². The number of carbonyl (C=O) groups is 2. The molecule has 0 N–H and O–H groups in total. The van der Waals surface area contributed by atoms with Crippen LogP contribution in [0.15, 0.2) is 12.1 Å². The van der Waals surface area contributed by atoms with E-state index in [1.165, 1.54) is 13.8 Å². The maximum Gasteiger partial charge on any atom is 0.303 e. The Hall–Kier alpha value is -1.84. The normalized spacial score (nSPS) is 13.5. The van der Waals surface area contributed by atoms with E-state index in [0.29, 0.717) is 0 Å². The molecule has 0 aromatic heterocycles. The number of rotatable bonds is 4. The van der Waals surface area contributed by atoms with Crippen molar-refractivity contribution in [3.05, 3.63) is 34.4 Å². The maximum absolute atomic E-state index is 11.1. The minimum Gasteiger partial charge on any atom is -0.458 e. The van der Waals surface area contributed by atoms with Crippen LogP contribution >= 0.6 is 0 Å². The average Bonchev–Trinajstić information content (AvgIpc) is 2.26. The molecule has 0 saturated carbocycles. The second kappa shape index (κ2) is 6.55. The van der Waals surface area contributed by atoms with E-state index in [9.17, 15) is 9.59 Å². The summed E-state index contributed by atoms with van der Waals surface area (Å²) >= 11 is 0. The van der Waals surface area contributed by atoms with Gasteiger partial charge in [0.2, 0.25) is 0 Å². The molecule has 1 aromatic carbocycles. The zero-order valence-corrected chi connectivity index (χ0v) is 12.9. The van der Waals surface area contributed by atoms with Gasteiger partial charge in [0.05, 0.1) is 0 Å². The minimum absolute atomic E-state index is 0.313. The molecule has 20 heavy (non-hydrogen) atoms. The molecule has 0 aliphatic rings. The molecule has 0 fully saturated rings. The Morgan fingerprint density at radius 3 is 1.50 bits per heavy atom. The lowest BCUT2D eigenvalue weighted by Gasteiger charge is -2.20. The van der Waals surface area contributed by atoms with Crippen molar-refractivity contribution in [1.29, 1.82) is 0 Å². The second-order valence-corrected chi connectivity index (χ2v) is 5.07. The highest BCUT2D eigenvalue weighted by atomic mass is 16.5. The molecule has 0 heterocycles. The predicted octanol–water partition coefficient (Wildman–Crippen LogP) is 3.55. The van der Waals surface area contributed by atoms with E-state index in [4.69, 9.17) is 9.47 Å².